The minimum Gasteiger partial charge on any atom is -0.464 e. The second kappa shape index (κ2) is 4.44. The molecule has 0 heterocycles. The van der Waals surface area contributed by atoms with E-state index >= 15 is 0 Å². The first kappa shape index (κ1) is 13.2. The number of carbonyl (C=O) groups is 2. The van der Waals surface area contributed by atoms with Crippen LogP contribution in [0.5, 0.6) is 0 Å². The van der Waals surface area contributed by atoms with Gasteiger partial charge in [0.1, 0.15) is 6.17 Å². The highest BCUT2D eigenvalue weighted by Crippen LogP contribution is 2.46. The SMILES string of the molecule is COC(=O)C(F)(F)C(=O)NC1C2CCC1C(F)C2. The molecule has 4 atom stereocenters. The molecule has 2 saturated carbocycles. The second-order valence-electron chi connectivity index (χ2n) is 4.82. The lowest BCUT2D eigenvalue weighted by Crippen LogP contribution is -2.51. The molecule has 0 aliphatic heterocycles. The molecule has 2 aliphatic rings. The normalized spacial score (nSPS) is 34.4. The number of halogens is 3. The van der Waals surface area contributed by atoms with Gasteiger partial charge in [-0.25, -0.2) is 9.18 Å². The average molecular weight is 265 g/mol. The van der Waals surface area contributed by atoms with Crippen molar-refractivity contribution in [2.24, 2.45) is 11.8 Å². The van der Waals surface area contributed by atoms with Crippen molar-refractivity contribution in [2.45, 2.75) is 37.4 Å². The Morgan fingerprint density at radius 1 is 1.33 bits per heavy atom. The topological polar surface area (TPSA) is 55.4 Å². The fourth-order valence-electron chi connectivity index (χ4n) is 2.94. The average Bonchev–Trinajstić information content (AvgIpc) is 2.83. The van der Waals surface area contributed by atoms with Gasteiger partial charge in [0.05, 0.1) is 7.11 Å². The van der Waals surface area contributed by atoms with Gasteiger partial charge in [-0.3, -0.25) is 4.79 Å². The maximum absolute atomic E-state index is 13.4. The van der Waals surface area contributed by atoms with Crippen molar-refractivity contribution in [3.63, 3.8) is 0 Å². The summed E-state index contributed by atoms with van der Waals surface area (Å²) in [6.45, 7) is 0. The Kier molecular flexibility index (Phi) is 3.25. The molecule has 102 valence electrons. The number of hydrogen-bond acceptors (Lipinski definition) is 3. The Morgan fingerprint density at radius 2 is 2.00 bits per heavy atom. The van der Waals surface area contributed by atoms with Crippen LogP contribution < -0.4 is 5.32 Å². The molecule has 0 radical (unpaired) electrons. The highest BCUT2D eigenvalue weighted by atomic mass is 19.3. The molecule has 1 amide bonds. The first-order valence-electron chi connectivity index (χ1n) is 5.79. The predicted molar refractivity (Wildman–Crippen MR) is 54.6 cm³/mol. The van der Waals surface area contributed by atoms with Gasteiger partial charge >= 0.3 is 17.8 Å². The van der Waals surface area contributed by atoms with Crippen LogP contribution in [0, 0.1) is 11.8 Å². The molecule has 4 unspecified atom stereocenters. The van der Waals surface area contributed by atoms with Crippen molar-refractivity contribution in [1.82, 2.24) is 5.32 Å². The van der Waals surface area contributed by atoms with E-state index < -0.39 is 35.9 Å². The number of rotatable bonds is 3. The first-order valence-corrected chi connectivity index (χ1v) is 5.79. The van der Waals surface area contributed by atoms with Crippen LogP contribution in [0.1, 0.15) is 19.3 Å². The summed E-state index contributed by atoms with van der Waals surface area (Å²) in [6.07, 6.45) is 0.542. The Bertz CT molecular complexity index is 375. The van der Waals surface area contributed by atoms with Crippen LogP contribution in [0.15, 0.2) is 0 Å². The standard InChI is InChI=1S/C11H14F3NO3/c1-18-10(17)11(13,14)9(16)15-8-5-2-3-6(8)7(12)4-5/h5-8H,2-4H2,1H3,(H,15,16). The number of nitrogens with one attached hydrogen (secondary N) is 1. The number of esters is 1. The Balaban J connectivity index is 2.02. The summed E-state index contributed by atoms with van der Waals surface area (Å²) in [7, 11) is 0.778. The number of alkyl halides is 3. The van der Waals surface area contributed by atoms with Crippen LogP contribution in [-0.2, 0) is 14.3 Å². The smallest absolute Gasteiger partial charge is 0.418 e. The van der Waals surface area contributed by atoms with Gasteiger partial charge in [0.2, 0.25) is 0 Å². The third kappa shape index (κ3) is 1.95. The second-order valence-corrected chi connectivity index (χ2v) is 4.82. The lowest BCUT2D eigenvalue weighted by atomic mass is 9.99. The maximum atomic E-state index is 13.4. The highest BCUT2D eigenvalue weighted by Gasteiger charge is 2.54. The molecule has 2 rings (SSSR count). The third-order valence-corrected chi connectivity index (χ3v) is 3.86. The zero-order valence-electron chi connectivity index (χ0n) is 9.79. The van der Waals surface area contributed by atoms with E-state index in [1.165, 1.54) is 0 Å². The molecular formula is C11H14F3NO3. The fourth-order valence-corrected chi connectivity index (χ4v) is 2.94. The molecule has 0 saturated heterocycles. The zero-order chi connectivity index (χ0) is 13.5. The molecule has 0 spiro atoms. The van der Waals surface area contributed by atoms with Gasteiger partial charge in [0.25, 0.3) is 0 Å². The van der Waals surface area contributed by atoms with Crippen molar-refractivity contribution >= 4 is 11.9 Å². The third-order valence-electron chi connectivity index (χ3n) is 3.86. The Labute approximate surface area is 102 Å². The summed E-state index contributed by atoms with van der Waals surface area (Å²) in [5, 5.41) is 2.10. The van der Waals surface area contributed by atoms with Crippen molar-refractivity contribution in [3.8, 4) is 0 Å². The van der Waals surface area contributed by atoms with E-state index in [4.69, 9.17) is 0 Å². The van der Waals surface area contributed by atoms with Gasteiger partial charge in [-0.1, -0.05) is 0 Å². The summed E-state index contributed by atoms with van der Waals surface area (Å²) in [5.41, 5.74) is 0. The van der Waals surface area contributed by atoms with Crippen molar-refractivity contribution in [1.29, 1.82) is 0 Å². The van der Waals surface area contributed by atoms with E-state index in [1.54, 1.807) is 0 Å². The van der Waals surface area contributed by atoms with Crippen LogP contribution in [0.3, 0.4) is 0 Å². The van der Waals surface area contributed by atoms with E-state index in [2.05, 4.69) is 10.1 Å². The molecule has 0 aromatic carbocycles. The molecule has 1 N–H and O–H groups in total. The minimum absolute atomic E-state index is 0.109. The predicted octanol–water partition coefficient (Wildman–Crippen LogP) is 1.05. The molecule has 0 aromatic rings. The van der Waals surface area contributed by atoms with Crippen molar-refractivity contribution < 1.29 is 27.5 Å². The van der Waals surface area contributed by atoms with Gasteiger partial charge < -0.3 is 10.1 Å². The molecule has 18 heavy (non-hydrogen) atoms. The molecule has 0 aromatic heterocycles. The molecule has 2 fully saturated rings. The number of fused-ring (bicyclic) bond motifs is 2. The van der Waals surface area contributed by atoms with E-state index in [9.17, 15) is 22.8 Å². The number of amides is 1. The highest BCUT2D eigenvalue weighted by molar-refractivity contribution is 6.04. The van der Waals surface area contributed by atoms with Crippen LogP contribution in [0.25, 0.3) is 0 Å². The summed E-state index contributed by atoms with van der Waals surface area (Å²) in [4.78, 5) is 22.1. The van der Waals surface area contributed by atoms with Gasteiger partial charge in [-0.05, 0) is 25.2 Å². The monoisotopic (exact) mass is 265 g/mol. The summed E-state index contributed by atoms with van der Waals surface area (Å²) in [6, 6.07) is -0.594. The van der Waals surface area contributed by atoms with Crippen molar-refractivity contribution in [2.75, 3.05) is 7.11 Å². The maximum Gasteiger partial charge on any atom is 0.418 e. The van der Waals surface area contributed by atoms with Gasteiger partial charge in [0, 0.05) is 12.0 Å². The van der Waals surface area contributed by atoms with Gasteiger partial charge in [-0.2, -0.15) is 8.78 Å². The largest absolute Gasteiger partial charge is 0.464 e. The molecule has 2 aliphatic carbocycles. The summed E-state index contributed by atoms with van der Waals surface area (Å²) in [5.74, 6) is -8.34. The van der Waals surface area contributed by atoms with E-state index in [0.29, 0.717) is 12.8 Å². The number of ether oxygens (including phenoxy) is 1. The van der Waals surface area contributed by atoms with Crippen LogP contribution in [0.4, 0.5) is 13.2 Å². The van der Waals surface area contributed by atoms with E-state index in [-0.39, 0.29) is 5.92 Å². The quantitative estimate of drug-likeness (QED) is 0.613. The Hall–Kier alpha value is -1.27. The number of hydrogen-bond donors (Lipinski definition) is 1. The lowest BCUT2D eigenvalue weighted by molar-refractivity contribution is -0.175. The van der Waals surface area contributed by atoms with Gasteiger partial charge in [0.15, 0.2) is 0 Å². The lowest BCUT2D eigenvalue weighted by Gasteiger charge is -2.20. The summed E-state index contributed by atoms with van der Waals surface area (Å²) >= 11 is 0. The van der Waals surface area contributed by atoms with Crippen LogP contribution >= 0.6 is 0 Å². The Morgan fingerprint density at radius 3 is 2.44 bits per heavy atom. The van der Waals surface area contributed by atoms with Crippen LogP contribution in [0.2, 0.25) is 0 Å². The fraction of sp³-hybridized carbons (Fsp3) is 0.818. The molecule has 7 heteroatoms. The van der Waals surface area contributed by atoms with E-state index in [0.717, 1.165) is 13.5 Å². The number of methoxy groups -OCH3 is 1. The van der Waals surface area contributed by atoms with E-state index in [1.807, 2.05) is 0 Å². The van der Waals surface area contributed by atoms with Gasteiger partial charge in [-0.15, -0.1) is 0 Å². The minimum atomic E-state index is -4.22. The first-order chi connectivity index (χ1) is 8.37. The summed E-state index contributed by atoms with van der Waals surface area (Å²) < 4.78 is 43.8. The number of carbonyl (C=O) groups excluding carboxylic acids is 2. The molecular weight excluding hydrogens is 251 g/mol. The molecule has 2 bridgehead atoms. The van der Waals surface area contributed by atoms with Crippen molar-refractivity contribution in [3.05, 3.63) is 0 Å². The molecule has 4 nitrogen and oxygen atoms in total. The zero-order valence-corrected chi connectivity index (χ0v) is 9.79. The van der Waals surface area contributed by atoms with Crippen LogP contribution in [-0.4, -0.2) is 37.1 Å².